The Morgan fingerprint density at radius 1 is 1.14 bits per heavy atom. The minimum atomic E-state index is 0.151. The molecule has 0 atom stereocenters. The topological polar surface area (TPSA) is 58.1 Å². The fourth-order valence-corrected chi connectivity index (χ4v) is 4.86. The first-order valence-electron chi connectivity index (χ1n) is 9.23. The Balaban J connectivity index is 1.32. The van der Waals surface area contributed by atoms with Crippen LogP contribution in [0.25, 0.3) is 0 Å². The summed E-state index contributed by atoms with van der Waals surface area (Å²) >= 11 is 2.93. The molecule has 0 saturated carbocycles. The van der Waals surface area contributed by atoms with E-state index >= 15 is 0 Å². The van der Waals surface area contributed by atoms with E-state index in [0.717, 1.165) is 28.1 Å². The highest BCUT2D eigenvalue weighted by Gasteiger charge is 2.20. The van der Waals surface area contributed by atoms with Crippen LogP contribution in [0, 0.1) is 13.8 Å². The molecule has 0 bridgehead atoms. The van der Waals surface area contributed by atoms with Gasteiger partial charge in [0.25, 0.3) is 0 Å². The number of fused-ring (bicyclic) bond motifs is 1. The van der Waals surface area contributed by atoms with Crippen LogP contribution in [0.5, 0.6) is 0 Å². The Kier molecular flexibility index (Phi) is 5.64. The summed E-state index contributed by atoms with van der Waals surface area (Å²) in [6, 6.07) is 14.6. The summed E-state index contributed by atoms with van der Waals surface area (Å²) in [6.07, 6.45) is 0.926. The van der Waals surface area contributed by atoms with Gasteiger partial charge in [-0.15, -0.1) is 10.2 Å². The van der Waals surface area contributed by atoms with Gasteiger partial charge in [0.1, 0.15) is 0 Å². The summed E-state index contributed by atoms with van der Waals surface area (Å²) in [4.78, 5) is 14.5. The van der Waals surface area contributed by atoms with Crippen molar-refractivity contribution < 1.29 is 4.79 Å². The second kappa shape index (κ2) is 8.32. The van der Waals surface area contributed by atoms with Gasteiger partial charge in [0.15, 0.2) is 4.34 Å². The molecule has 1 amide bonds. The van der Waals surface area contributed by atoms with Crippen LogP contribution in [-0.4, -0.2) is 33.3 Å². The zero-order chi connectivity index (χ0) is 19.5. The minimum absolute atomic E-state index is 0.151. The van der Waals surface area contributed by atoms with Crippen LogP contribution in [0.2, 0.25) is 0 Å². The van der Waals surface area contributed by atoms with Crippen LogP contribution in [0.1, 0.15) is 22.3 Å². The number of nitrogens with zero attached hydrogens (tertiary/aromatic N) is 3. The summed E-state index contributed by atoms with van der Waals surface area (Å²) in [6.45, 7) is 5.67. The molecule has 0 spiro atoms. The van der Waals surface area contributed by atoms with E-state index in [1.807, 2.05) is 17.0 Å². The van der Waals surface area contributed by atoms with E-state index in [9.17, 15) is 4.79 Å². The molecule has 0 saturated heterocycles. The fourth-order valence-electron chi connectivity index (χ4n) is 3.18. The molecule has 4 rings (SSSR count). The molecule has 2 heterocycles. The average molecular weight is 411 g/mol. The molecule has 0 aliphatic carbocycles. The Hall–Kier alpha value is -2.38. The lowest BCUT2D eigenvalue weighted by Gasteiger charge is -2.28. The standard InChI is InChI=1S/C21H22N4OS2/c1-14-7-8-18(11-15(14)2)22-20-23-24-21(28-20)27-13-19(26)25-10-9-16-5-3-4-6-17(16)12-25/h3-8,11H,9-10,12-13H2,1-2H3,(H,22,23). The molecule has 144 valence electrons. The normalized spacial score (nSPS) is 13.3. The molecule has 3 aromatic rings. The maximum atomic E-state index is 12.6. The van der Waals surface area contributed by atoms with Gasteiger partial charge in [-0.1, -0.05) is 53.4 Å². The first-order chi connectivity index (χ1) is 13.6. The van der Waals surface area contributed by atoms with E-state index in [4.69, 9.17) is 0 Å². The highest BCUT2D eigenvalue weighted by molar-refractivity contribution is 8.01. The molecule has 1 N–H and O–H groups in total. The zero-order valence-corrected chi connectivity index (χ0v) is 17.6. The molecular formula is C21H22N4OS2. The molecule has 0 radical (unpaired) electrons. The number of rotatable bonds is 5. The highest BCUT2D eigenvalue weighted by atomic mass is 32.2. The van der Waals surface area contributed by atoms with Crippen molar-refractivity contribution in [3.8, 4) is 0 Å². The predicted molar refractivity (Wildman–Crippen MR) is 115 cm³/mol. The molecule has 2 aromatic carbocycles. The molecule has 7 heteroatoms. The summed E-state index contributed by atoms with van der Waals surface area (Å²) in [5.74, 6) is 0.541. The van der Waals surface area contributed by atoms with Gasteiger partial charge in [-0.3, -0.25) is 4.79 Å². The third-order valence-electron chi connectivity index (χ3n) is 4.97. The van der Waals surface area contributed by atoms with Crippen molar-refractivity contribution in [3.05, 3.63) is 64.7 Å². The van der Waals surface area contributed by atoms with Crippen molar-refractivity contribution in [2.24, 2.45) is 0 Å². The summed E-state index contributed by atoms with van der Waals surface area (Å²) < 4.78 is 0.803. The lowest BCUT2D eigenvalue weighted by molar-refractivity contribution is -0.129. The number of hydrogen-bond acceptors (Lipinski definition) is 6. The summed E-state index contributed by atoms with van der Waals surface area (Å²) in [5, 5.41) is 12.4. The molecule has 0 unspecified atom stereocenters. The molecule has 1 aliphatic rings. The van der Waals surface area contributed by atoms with Crippen molar-refractivity contribution in [1.82, 2.24) is 15.1 Å². The van der Waals surface area contributed by atoms with Crippen molar-refractivity contribution in [2.75, 3.05) is 17.6 Å². The van der Waals surface area contributed by atoms with Gasteiger partial charge in [-0.25, -0.2) is 0 Å². The Bertz CT molecular complexity index is 1000. The molecule has 28 heavy (non-hydrogen) atoms. The summed E-state index contributed by atoms with van der Waals surface area (Å²) in [5.41, 5.74) is 6.10. The van der Waals surface area contributed by atoms with Crippen molar-refractivity contribution >= 4 is 39.8 Å². The number of benzene rings is 2. The Morgan fingerprint density at radius 2 is 1.96 bits per heavy atom. The summed E-state index contributed by atoms with van der Waals surface area (Å²) in [7, 11) is 0. The molecule has 1 aromatic heterocycles. The number of nitrogens with one attached hydrogen (secondary N) is 1. The predicted octanol–water partition coefficient (Wildman–Crippen LogP) is 4.58. The molecule has 5 nitrogen and oxygen atoms in total. The maximum Gasteiger partial charge on any atom is 0.233 e. The number of carbonyl (C=O) groups is 1. The van der Waals surface area contributed by atoms with E-state index in [0.29, 0.717) is 12.3 Å². The van der Waals surface area contributed by atoms with Gasteiger partial charge in [-0.05, 0) is 54.7 Å². The first kappa shape index (κ1) is 19.0. The second-order valence-corrected chi connectivity index (χ2v) is 9.12. The second-order valence-electron chi connectivity index (χ2n) is 6.92. The van der Waals surface area contributed by atoms with Crippen LogP contribution >= 0.6 is 23.1 Å². The number of aromatic nitrogens is 2. The van der Waals surface area contributed by atoms with E-state index in [2.05, 4.69) is 59.7 Å². The van der Waals surface area contributed by atoms with Gasteiger partial charge in [0.05, 0.1) is 5.75 Å². The quantitative estimate of drug-likeness (QED) is 0.624. The van der Waals surface area contributed by atoms with Gasteiger partial charge in [0, 0.05) is 18.8 Å². The van der Waals surface area contributed by atoms with Crippen LogP contribution in [0.3, 0.4) is 0 Å². The Labute approximate surface area is 173 Å². The van der Waals surface area contributed by atoms with Crippen LogP contribution in [0.4, 0.5) is 10.8 Å². The number of carbonyl (C=O) groups excluding carboxylic acids is 1. The smallest absolute Gasteiger partial charge is 0.233 e. The van der Waals surface area contributed by atoms with Crippen molar-refractivity contribution in [3.63, 3.8) is 0 Å². The number of thioether (sulfide) groups is 1. The van der Waals surface area contributed by atoms with E-state index < -0.39 is 0 Å². The van der Waals surface area contributed by atoms with Crippen molar-refractivity contribution in [2.45, 2.75) is 31.2 Å². The van der Waals surface area contributed by atoms with E-state index in [-0.39, 0.29) is 5.91 Å². The van der Waals surface area contributed by atoms with Crippen LogP contribution in [-0.2, 0) is 17.8 Å². The largest absolute Gasteiger partial charge is 0.337 e. The molecular weight excluding hydrogens is 388 g/mol. The van der Waals surface area contributed by atoms with Gasteiger partial charge >= 0.3 is 0 Å². The number of hydrogen-bond donors (Lipinski definition) is 1. The first-order valence-corrected chi connectivity index (χ1v) is 11.0. The highest BCUT2D eigenvalue weighted by Crippen LogP contribution is 2.29. The number of aryl methyl sites for hydroxylation is 2. The molecule has 1 aliphatic heterocycles. The zero-order valence-electron chi connectivity index (χ0n) is 15.9. The third kappa shape index (κ3) is 4.36. The lowest BCUT2D eigenvalue weighted by atomic mass is 10.00. The number of amides is 1. The van der Waals surface area contributed by atoms with Gasteiger partial charge < -0.3 is 10.2 Å². The third-order valence-corrected chi connectivity index (χ3v) is 6.92. The van der Waals surface area contributed by atoms with E-state index in [1.165, 1.54) is 45.4 Å². The molecule has 0 fully saturated rings. The van der Waals surface area contributed by atoms with Crippen molar-refractivity contribution in [1.29, 1.82) is 0 Å². The maximum absolute atomic E-state index is 12.6. The van der Waals surface area contributed by atoms with Gasteiger partial charge in [-0.2, -0.15) is 0 Å². The van der Waals surface area contributed by atoms with Crippen LogP contribution < -0.4 is 5.32 Å². The fraction of sp³-hybridized carbons (Fsp3) is 0.286. The Morgan fingerprint density at radius 3 is 2.79 bits per heavy atom. The van der Waals surface area contributed by atoms with Gasteiger partial charge in [0.2, 0.25) is 11.0 Å². The number of anilines is 2. The van der Waals surface area contributed by atoms with Crippen LogP contribution in [0.15, 0.2) is 46.8 Å². The SMILES string of the molecule is Cc1ccc(Nc2nnc(SCC(=O)N3CCc4ccccc4C3)s2)cc1C. The van der Waals surface area contributed by atoms with E-state index in [1.54, 1.807) is 0 Å². The minimum Gasteiger partial charge on any atom is -0.337 e. The monoisotopic (exact) mass is 410 g/mol. The average Bonchev–Trinajstić information content (AvgIpc) is 3.16. The lowest BCUT2D eigenvalue weighted by Crippen LogP contribution is -2.37.